The van der Waals surface area contributed by atoms with Gasteiger partial charge in [0.25, 0.3) is 0 Å². The third-order valence-corrected chi connectivity index (χ3v) is 1.88. The Morgan fingerprint density at radius 3 is 1.18 bits per heavy atom. The molecule has 0 saturated carbocycles. The Bertz CT molecular complexity index is 129. The van der Waals surface area contributed by atoms with Crippen LogP contribution in [-0.4, -0.2) is 0 Å². The fourth-order valence-corrected chi connectivity index (χ4v) is 0.750. The Hall–Kier alpha value is -0.520. The molecule has 0 aromatic rings. The number of allylic oxidation sites excluding steroid dienone is 2. The Morgan fingerprint density at radius 1 is 0.909 bits per heavy atom. The summed E-state index contributed by atoms with van der Waals surface area (Å²) in [6.45, 7) is 19.3. The zero-order valence-electron chi connectivity index (χ0n) is 8.91. The van der Waals surface area contributed by atoms with E-state index in [0.717, 1.165) is 0 Å². The van der Waals surface area contributed by atoms with Crippen molar-refractivity contribution >= 4 is 0 Å². The van der Waals surface area contributed by atoms with Crippen LogP contribution < -0.4 is 0 Å². The van der Waals surface area contributed by atoms with Crippen molar-refractivity contribution in [1.29, 1.82) is 0 Å². The van der Waals surface area contributed by atoms with Crippen LogP contribution in [0, 0.1) is 5.41 Å². The Morgan fingerprint density at radius 2 is 1.18 bits per heavy atom. The van der Waals surface area contributed by atoms with E-state index in [-0.39, 0.29) is 0 Å². The quantitative estimate of drug-likeness (QED) is 0.459. The zero-order chi connectivity index (χ0) is 9.65. The van der Waals surface area contributed by atoms with Crippen LogP contribution in [0.15, 0.2) is 24.3 Å². The molecule has 0 fully saturated rings. The first-order valence-corrected chi connectivity index (χ1v) is 4.00. The van der Waals surface area contributed by atoms with E-state index in [1.165, 1.54) is 11.1 Å². The largest absolute Gasteiger partial charge is 0.106 e. The third-order valence-electron chi connectivity index (χ3n) is 1.88. The Kier molecular flexibility index (Phi) is 6.16. The van der Waals surface area contributed by atoms with Crippen LogP contribution >= 0.6 is 0 Å². The first-order chi connectivity index (χ1) is 4.85. The van der Waals surface area contributed by atoms with Crippen LogP contribution in [0.2, 0.25) is 0 Å². The number of rotatable bonds is 0. The molecular formula is C11H22. The van der Waals surface area contributed by atoms with Crippen molar-refractivity contribution < 1.29 is 0 Å². The molecule has 0 rings (SSSR count). The molecule has 0 aromatic carbocycles. The topological polar surface area (TPSA) is 0 Å². The van der Waals surface area contributed by atoms with Gasteiger partial charge in [0.15, 0.2) is 0 Å². The van der Waals surface area contributed by atoms with Gasteiger partial charge in [0.2, 0.25) is 0 Å². The predicted molar refractivity (Wildman–Crippen MR) is 54.8 cm³/mol. The molecule has 0 heteroatoms. The van der Waals surface area contributed by atoms with Crippen LogP contribution in [0.1, 0.15) is 41.5 Å². The lowest BCUT2D eigenvalue weighted by atomic mass is 9.85. The van der Waals surface area contributed by atoms with Crippen LogP contribution in [0.4, 0.5) is 0 Å². The molecule has 0 radical (unpaired) electrons. The third kappa shape index (κ3) is 5.90. The summed E-state index contributed by atoms with van der Waals surface area (Å²) in [5.41, 5.74) is 3.31. The highest BCUT2D eigenvalue weighted by Gasteiger charge is 2.12. The first kappa shape index (κ1) is 13.1. The van der Waals surface area contributed by atoms with E-state index in [1.54, 1.807) is 0 Å². The maximum Gasteiger partial charge on any atom is -0.0173 e. The molecule has 0 unspecified atom stereocenters. The van der Waals surface area contributed by atoms with Crippen molar-refractivity contribution in [3.05, 3.63) is 24.3 Å². The first-order valence-electron chi connectivity index (χ1n) is 4.00. The summed E-state index contributed by atoms with van der Waals surface area (Å²) in [7, 11) is 0. The maximum absolute atomic E-state index is 3.00. The van der Waals surface area contributed by atoms with Gasteiger partial charge in [-0.05, 0) is 26.2 Å². The lowest BCUT2D eigenvalue weighted by molar-refractivity contribution is 0.498. The van der Waals surface area contributed by atoms with Crippen LogP contribution in [0.5, 0.6) is 0 Å². The van der Waals surface area contributed by atoms with E-state index in [9.17, 15) is 0 Å². The van der Waals surface area contributed by atoms with Gasteiger partial charge in [-0.25, -0.2) is 0 Å². The van der Waals surface area contributed by atoms with Gasteiger partial charge in [-0.3, -0.25) is 0 Å². The van der Waals surface area contributed by atoms with E-state index < -0.39 is 0 Å². The second kappa shape index (κ2) is 5.17. The molecule has 0 atom stereocenters. The van der Waals surface area contributed by atoms with Gasteiger partial charge in [0, 0.05) is 0 Å². The van der Waals surface area contributed by atoms with Crippen LogP contribution in [-0.2, 0) is 0 Å². The van der Waals surface area contributed by atoms with Gasteiger partial charge < -0.3 is 0 Å². The standard InChI is InChI=1S/C9H18.C2H4/c1-7(2)8(3)9(4,5)6;1-2/h1-6H3;1-2H2. The van der Waals surface area contributed by atoms with E-state index in [2.05, 4.69) is 54.7 Å². The summed E-state index contributed by atoms with van der Waals surface area (Å²) >= 11 is 0. The van der Waals surface area contributed by atoms with Crippen LogP contribution in [0.3, 0.4) is 0 Å². The molecule has 0 aliphatic heterocycles. The van der Waals surface area contributed by atoms with E-state index in [0.29, 0.717) is 5.41 Å². The van der Waals surface area contributed by atoms with Gasteiger partial charge in [0.1, 0.15) is 0 Å². The second-order valence-electron chi connectivity index (χ2n) is 3.88. The maximum atomic E-state index is 3.00. The molecule has 0 nitrogen and oxygen atoms in total. The molecule has 0 aliphatic carbocycles. The highest BCUT2D eigenvalue weighted by Crippen LogP contribution is 2.26. The summed E-state index contributed by atoms with van der Waals surface area (Å²) in [5.74, 6) is 0. The summed E-state index contributed by atoms with van der Waals surface area (Å²) in [6, 6.07) is 0. The lowest BCUT2D eigenvalue weighted by Gasteiger charge is -2.20. The summed E-state index contributed by atoms with van der Waals surface area (Å²) in [5, 5.41) is 0. The van der Waals surface area contributed by atoms with E-state index in [1.807, 2.05) is 0 Å². The van der Waals surface area contributed by atoms with Crippen molar-refractivity contribution in [3.8, 4) is 0 Å². The molecule has 0 spiro atoms. The van der Waals surface area contributed by atoms with E-state index in [4.69, 9.17) is 0 Å². The summed E-state index contributed by atoms with van der Waals surface area (Å²) in [4.78, 5) is 0. The zero-order valence-corrected chi connectivity index (χ0v) is 8.91. The molecule has 0 aromatic heterocycles. The van der Waals surface area contributed by atoms with Crippen molar-refractivity contribution in [1.82, 2.24) is 0 Å². The highest BCUT2D eigenvalue weighted by atomic mass is 14.2. The molecule has 0 aliphatic rings. The SMILES string of the molecule is C=C.CC(C)=C(C)C(C)(C)C. The minimum atomic E-state index is 0.360. The van der Waals surface area contributed by atoms with Crippen molar-refractivity contribution in [2.45, 2.75) is 41.5 Å². The molecular weight excluding hydrogens is 132 g/mol. The van der Waals surface area contributed by atoms with Gasteiger partial charge in [-0.1, -0.05) is 31.9 Å². The van der Waals surface area contributed by atoms with Crippen molar-refractivity contribution in [2.75, 3.05) is 0 Å². The van der Waals surface area contributed by atoms with Gasteiger partial charge in [-0.2, -0.15) is 0 Å². The normalized spacial score (nSPS) is 9.64. The van der Waals surface area contributed by atoms with E-state index >= 15 is 0 Å². The fraction of sp³-hybridized carbons (Fsp3) is 0.636. The molecule has 66 valence electrons. The molecule has 0 bridgehead atoms. The molecule has 0 amide bonds. The minimum absolute atomic E-state index is 0.360. The monoisotopic (exact) mass is 154 g/mol. The Balaban J connectivity index is 0. The summed E-state index contributed by atoms with van der Waals surface area (Å²) < 4.78 is 0. The number of hydrogen-bond acceptors (Lipinski definition) is 0. The highest BCUT2D eigenvalue weighted by molar-refractivity contribution is 5.13. The molecule has 0 heterocycles. The second-order valence-corrected chi connectivity index (χ2v) is 3.88. The van der Waals surface area contributed by atoms with Crippen LogP contribution in [0.25, 0.3) is 0 Å². The molecule has 0 N–H and O–H groups in total. The minimum Gasteiger partial charge on any atom is -0.106 e. The van der Waals surface area contributed by atoms with Gasteiger partial charge >= 0.3 is 0 Å². The predicted octanol–water partition coefficient (Wildman–Crippen LogP) is 4.19. The molecule has 0 saturated heterocycles. The Labute approximate surface area is 72.0 Å². The average molecular weight is 154 g/mol. The van der Waals surface area contributed by atoms with Crippen molar-refractivity contribution in [3.63, 3.8) is 0 Å². The summed E-state index contributed by atoms with van der Waals surface area (Å²) in [6.07, 6.45) is 0. The smallest absolute Gasteiger partial charge is 0.0173 e. The van der Waals surface area contributed by atoms with Gasteiger partial charge in [0.05, 0.1) is 0 Å². The molecule has 11 heavy (non-hydrogen) atoms. The van der Waals surface area contributed by atoms with Gasteiger partial charge in [-0.15, -0.1) is 13.2 Å². The fourth-order valence-electron chi connectivity index (χ4n) is 0.750. The lowest BCUT2D eigenvalue weighted by Crippen LogP contribution is -2.07. The van der Waals surface area contributed by atoms with Crippen molar-refractivity contribution in [2.24, 2.45) is 5.41 Å². The number of hydrogen-bond donors (Lipinski definition) is 0. The average Bonchev–Trinajstić information content (AvgIpc) is 1.89.